The first-order chi connectivity index (χ1) is 10.5. The van der Waals surface area contributed by atoms with Gasteiger partial charge in [-0.05, 0) is 33.5 Å². The number of esters is 1. The lowest BCUT2D eigenvalue weighted by molar-refractivity contribution is -0.135. The Morgan fingerprint density at radius 2 is 2.41 bits per heavy atom. The van der Waals surface area contributed by atoms with E-state index < -0.39 is 16.8 Å². The number of carbonyl (C=O) groups is 1. The molecule has 0 aliphatic rings. The highest BCUT2D eigenvalue weighted by atomic mass is 32.2. The summed E-state index contributed by atoms with van der Waals surface area (Å²) in [5, 5.41) is 21.8. The Morgan fingerprint density at radius 1 is 1.64 bits per heavy atom. The summed E-state index contributed by atoms with van der Waals surface area (Å²) in [6, 6.07) is 3.54. The van der Waals surface area contributed by atoms with Gasteiger partial charge in [-0.2, -0.15) is 5.26 Å². The van der Waals surface area contributed by atoms with E-state index in [1.807, 2.05) is 0 Å². The Morgan fingerprint density at radius 3 is 3.00 bits per heavy atom. The second-order valence-electron chi connectivity index (χ2n) is 4.09. The average Bonchev–Trinajstić information content (AvgIpc) is 3.12. The van der Waals surface area contributed by atoms with E-state index >= 15 is 0 Å². The van der Waals surface area contributed by atoms with Crippen LogP contribution in [0.1, 0.15) is 10.4 Å². The summed E-state index contributed by atoms with van der Waals surface area (Å²) in [7, 11) is 1.46. The Bertz CT molecular complexity index is 787. The first-order valence-corrected chi connectivity index (χ1v) is 8.13. The summed E-state index contributed by atoms with van der Waals surface area (Å²) in [6.07, 6.45) is 1.44. The fourth-order valence-corrected chi connectivity index (χ4v) is 3.57. The van der Waals surface area contributed by atoms with Crippen LogP contribution in [-0.2, 0) is 33.1 Å². The molecule has 0 spiro atoms. The number of thiophene rings is 1. The van der Waals surface area contributed by atoms with E-state index in [2.05, 4.69) is 20.3 Å². The second-order valence-corrected chi connectivity index (χ2v) is 6.38. The summed E-state index contributed by atoms with van der Waals surface area (Å²) in [4.78, 5) is 12.0. The molecule has 0 N–H and O–H groups in total. The van der Waals surface area contributed by atoms with Crippen LogP contribution >= 0.6 is 11.3 Å². The maximum absolute atomic E-state index is 12.1. The molecule has 0 amide bonds. The van der Waals surface area contributed by atoms with E-state index in [9.17, 15) is 9.00 Å². The van der Waals surface area contributed by atoms with Crippen LogP contribution < -0.4 is 0 Å². The van der Waals surface area contributed by atoms with Gasteiger partial charge in [-0.1, -0.05) is 5.10 Å². The van der Waals surface area contributed by atoms with E-state index in [-0.39, 0.29) is 16.5 Å². The normalized spacial score (nSPS) is 12.7. The van der Waals surface area contributed by atoms with Gasteiger partial charge in [-0.3, -0.25) is 4.21 Å². The van der Waals surface area contributed by atoms with Crippen LogP contribution in [-0.4, -0.2) is 37.5 Å². The third-order valence-corrected chi connectivity index (χ3v) is 4.85. The zero-order chi connectivity index (χ0) is 16.1. The van der Waals surface area contributed by atoms with Gasteiger partial charge in [-0.25, -0.2) is 9.48 Å². The Balaban J connectivity index is 2.14. The van der Waals surface area contributed by atoms with Crippen molar-refractivity contribution >= 4 is 34.2 Å². The van der Waals surface area contributed by atoms with Crippen molar-refractivity contribution in [2.75, 3.05) is 7.11 Å². The molecule has 0 radical (unpaired) electrons. The Kier molecular flexibility index (Phi) is 5.13. The first-order valence-electron chi connectivity index (χ1n) is 5.93. The van der Waals surface area contributed by atoms with Gasteiger partial charge >= 0.3 is 5.97 Å². The van der Waals surface area contributed by atoms with E-state index in [1.54, 1.807) is 24.6 Å². The van der Waals surface area contributed by atoms with E-state index in [0.717, 1.165) is 5.56 Å². The standard InChI is InChI=1S/C12H11N5O3S2/c1-17-12(14-15-16-17)22(19)7-8-3-10(21-6-8)4-9(5-13)11(18)20-2/h3-4,6H,7H2,1-2H3/b9-4+/t22-/m0/s1. The molecular weight excluding hydrogens is 326 g/mol. The highest BCUT2D eigenvalue weighted by Crippen LogP contribution is 2.20. The van der Waals surface area contributed by atoms with Crippen molar-refractivity contribution in [1.29, 1.82) is 5.26 Å². The first kappa shape index (κ1) is 16.0. The van der Waals surface area contributed by atoms with E-state index in [4.69, 9.17) is 5.26 Å². The monoisotopic (exact) mass is 337 g/mol. The minimum absolute atomic E-state index is 0.0884. The van der Waals surface area contributed by atoms with Gasteiger partial charge in [0.05, 0.1) is 23.7 Å². The number of tetrazole rings is 1. The number of ether oxygens (including phenoxy) is 1. The largest absolute Gasteiger partial charge is 0.465 e. The number of methoxy groups -OCH3 is 1. The van der Waals surface area contributed by atoms with Crippen LogP contribution in [0.15, 0.2) is 22.2 Å². The zero-order valence-corrected chi connectivity index (χ0v) is 13.3. The molecule has 2 aromatic heterocycles. The van der Waals surface area contributed by atoms with Gasteiger partial charge in [0.2, 0.25) is 5.16 Å². The SMILES string of the molecule is COC(=O)/C(C#N)=C/c1cc(C[S@](=O)c2nnnn2C)cs1. The van der Waals surface area contributed by atoms with Crippen molar-refractivity contribution in [1.82, 2.24) is 20.2 Å². The summed E-state index contributed by atoms with van der Waals surface area (Å²) >= 11 is 1.34. The molecule has 0 unspecified atom stereocenters. The number of rotatable bonds is 5. The summed E-state index contributed by atoms with van der Waals surface area (Å²) in [5.74, 6) is -0.440. The van der Waals surface area contributed by atoms with Crippen LogP contribution in [0.5, 0.6) is 0 Å². The van der Waals surface area contributed by atoms with Crippen LogP contribution in [0.2, 0.25) is 0 Å². The number of nitrogens with zero attached hydrogens (tertiary/aromatic N) is 5. The fraction of sp³-hybridized carbons (Fsp3) is 0.250. The molecule has 114 valence electrons. The van der Waals surface area contributed by atoms with Gasteiger partial charge < -0.3 is 4.74 Å². The molecular formula is C12H11N5O3S2. The minimum Gasteiger partial charge on any atom is -0.465 e. The number of carbonyl (C=O) groups excluding carboxylic acids is 1. The quantitative estimate of drug-likeness (QED) is 0.447. The highest BCUT2D eigenvalue weighted by Gasteiger charge is 2.14. The molecule has 0 saturated carbocycles. The molecule has 1 atom stereocenters. The van der Waals surface area contributed by atoms with Crippen molar-refractivity contribution in [3.8, 4) is 6.07 Å². The van der Waals surface area contributed by atoms with Crippen molar-refractivity contribution in [2.24, 2.45) is 7.05 Å². The summed E-state index contributed by atoms with van der Waals surface area (Å²) < 4.78 is 18.0. The fourth-order valence-electron chi connectivity index (χ4n) is 1.56. The number of hydrogen-bond acceptors (Lipinski definition) is 8. The van der Waals surface area contributed by atoms with Gasteiger partial charge in [0, 0.05) is 11.9 Å². The molecule has 0 bridgehead atoms. The van der Waals surface area contributed by atoms with Gasteiger partial charge in [0.1, 0.15) is 11.6 Å². The van der Waals surface area contributed by atoms with Crippen LogP contribution in [0, 0.1) is 11.3 Å². The number of nitriles is 1. The Labute approximate surface area is 132 Å². The van der Waals surface area contributed by atoms with Crippen molar-refractivity contribution in [3.63, 3.8) is 0 Å². The number of aromatic nitrogens is 4. The predicted molar refractivity (Wildman–Crippen MR) is 78.8 cm³/mol. The van der Waals surface area contributed by atoms with Gasteiger partial charge in [0.15, 0.2) is 0 Å². The van der Waals surface area contributed by atoms with Crippen molar-refractivity contribution in [2.45, 2.75) is 10.9 Å². The predicted octanol–water partition coefficient (Wildman–Crippen LogP) is 0.659. The lowest BCUT2D eigenvalue weighted by Crippen LogP contribution is -2.04. The third kappa shape index (κ3) is 3.63. The van der Waals surface area contributed by atoms with Crippen molar-refractivity contribution in [3.05, 3.63) is 27.5 Å². The summed E-state index contributed by atoms with van der Waals surface area (Å²) in [5.41, 5.74) is 0.717. The van der Waals surface area contributed by atoms with Crippen LogP contribution in [0.25, 0.3) is 6.08 Å². The van der Waals surface area contributed by atoms with E-state index in [0.29, 0.717) is 4.88 Å². The number of aryl methyl sites for hydroxylation is 1. The molecule has 10 heteroatoms. The maximum Gasteiger partial charge on any atom is 0.348 e. The molecule has 2 aromatic rings. The molecule has 0 aliphatic heterocycles. The lowest BCUT2D eigenvalue weighted by atomic mass is 10.2. The molecule has 0 fully saturated rings. The molecule has 2 heterocycles. The molecule has 22 heavy (non-hydrogen) atoms. The van der Waals surface area contributed by atoms with Crippen LogP contribution in [0.4, 0.5) is 0 Å². The van der Waals surface area contributed by atoms with Crippen molar-refractivity contribution < 1.29 is 13.7 Å². The molecule has 2 rings (SSSR count). The molecule has 8 nitrogen and oxygen atoms in total. The second kappa shape index (κ2) is 7.06. The third-order valence-electron chi connectivity index (χ3n) is 2.57. The average molecular weight is 337 g/mol. The topological polar surface area (TPSA) is 111 Å². The smallest absolute Gasteiger partial charge is 0.348 e. The maximum atomic E-state index is 12.1. The lowest BCUT2D eigenvalue weighted by Gasteiger charge is -1.97. The van der Waals surface area contributed by atoms with Gasteiger partial charge in [0.25, 0.3) is 0 Å². The minimum atomic E-state index is -1.37. The molecule has 0 saturated heterocycles. The Hall–Kier alpha value is -2.38. The number of hydrogen-bond donors (Lipinski definition) is 0. The highest BCUT2D eigenvalue weighted by molar-refractivity contribution is 7.84. The van der Waals surface area contributed by atoms with Gasteiger partial charge in [-0.15, -0.1) is 11.3 Å². The van der Waals surface area contributed by atoms with Crippen LogP contribution in [0.3, 0.4) is 0 Å². The van der Waals surface area contributed by atoms with E-state index in [1.165, 1.54) is 29.2 Å². The summed E-state index contributed by atoms with van der Waals surface area (Å²) in [6.45, 7) is 0. The molecule has 0 aromatic carbocycles. The molecule has 0 aliphatic carbocycles. The zero-order valence-electron chi connectivity index (χ0n) is 11.7.